The first kappa shape index (κ1) is 15.8. The molecule has 118 valence electrons. The molecule has 0 aliphatic carbocycles. The molecule has 1 unspecified atom stereocenters. The highest BCUT2D eigenvalue weighted by atomic mass is 35.5. The topological polar surface area (TPSA) is 49.4 Å². The molecule has 1 atom stereocenters. The fourth-order valence-electron chi connectivity index (χ4n) is 2.58. The standard InChI is InChI=1S/C17H14Cl2N2O2/c1-10-3-2-4-12(7-10)21-16(22)9-15(17(21)23)20-14-6-5-11(18)8-13(14)19/h2-8,15,20H,9H2,1H3. The summed E-state index contributed by atoms with van der Waals surface area (Å²) in [5.41, 5.74) is 2.15. The van der Waals surface area contributed by atoms with Crippen molar-refractivity contribution in [3.63, 3.8) is 0 Å². The van der Waals surface area contributed by atoms with Crippen molar-refractivity contribution in [2.45, 2.75) is 19.4 Å². The van der Waals surface area contributed by atoms with Gasteiger partial charge in [-0.1, -0.05) is 35.3 Å². The van der Waals surface area contributed by atoms with E-state index in [0.717, 1.165) is 5.56 Å². The van der Waals surface area contributed by atoms with Gasteiger partial charge >= 0.3 is 0 Å². The number of halogens is 2. The number of amides is 2. The van der Waals surface area contributed by atoms with Gasteiger partial charge in [0, 0.05) is 5.02 Å². The van der Waals surface area contributed by atoms with Crippen LogP contribution in [-0.4, -0.2) is 17.9 Å². The van der Waals surface area contributed by atoms with Crippen LogP contribution in [0.4, 0.5) is 11.4 Å². The lowest BCUT2D eigenvalue weighted by molar-refractivity contribution is -0.121. The van der Waals surface area contributed by atoms with Crippen molar-refractivity contribution >= 4 is 46.4 Å². The van der Waals surface area contributed by atoms with E-state index in [1.807, 2.05) is 25.1 Å². The number of hydrogen-bond donors (Lipinski definition) is 1. The van der Waals surface area contributed by atoms with E-state index in [1.54, 1.807) is 24.3 Å². The minimum absolute atomic E-state index is 0.0890. The van der Waals surface area contributed by atoms with Gasteiger partial charge in [-0.3, -0.25) is 9.59 Å². The molecule has 1 aliphatic heterocycles. The number of rotatable bonds is 3. The van der Waals surface area contributed by atoms with E-state index >= 15 is 0 Å². The maximum absolute atomic E-state index is 12.6. The minimum Gasteiger partial charge on any atom is -0.372 e. The zero-order valence-electron chi connectivity index (χ0n) is 12.3. The average molecular weight is 349 g/mol. The van der Waals surface area contributed by atoms with Crippen LogP contribution < -0.4 is 10.2 Å². The number of anilines is 2. The van der Waals surface area contributed by atoms with Crippen LogP contribution in [0, 0.1) is 6.92 Å². The van der Waals surface area contributed by atoms with Crippen LogP contribution in [0.5, 0.6) is 0 Å². The van der Waals surface area contributed by atoms with Crippen molar-refractivity contribution in [2.75, 3.05) is 10.2 Å². The van der Waals surface area contributed by atoms with Gasteiger partial charge in [-0.2, -0.15) is 0 Å². The van der Waals surface area contributed by atoms with E-state index in [0.29, 0.717) is 21.4 Å². The summed E-state index contributed by atoms with van der Waals surface area (Å²) in [5.74, 6) is -0.519. The smallest absolute Gasteiger partial charge is 0.256 e. The first-order valence-corrected chi connectivity index (χ1v) is 7.86. The number of imide groups is 1. The highest BCUT2D eigenvalue weighted by Crippen LogP contribution is 2.29. The number of nitrogens with one attached hydrogen (secondary N) is 1. The molecule has 1 fully saturated rings. The van der Waals surface area contributed by atoms with Crippen molar-refractivity contribution in [3.8, 4) is 0 Å². The predicted octanol–water partition coefficient (Wildman–Crippen LogP) is 4.05. The van der Waals surface area contributed by atoms with E-state index in [2.05, 4.69) is 5.32 Å². The first-order valence-electron chi connectivity index (χ1n) is 7.11. The summed E-state index contributed by atoms with van der Waals surface area (Å²) in [7, 11) is 0. The summed E-state index contributed by atoms with van der Waals surface area (Å²) >= 11 is 12.0. The van der Waals surface area contributed by atoms with E-state index in [4.69, 9.17) is 23.2 Å². The highest BCUT2D eigenvalue weighted by molar-refractivity contribution is 6.36. The lowest BCUT2D eigenvalue weighted by atomic mass is 10.2. The molecule has 1 N–H and O–H groups in total. The Morgan fingerprint density at radius 2 is 1.91 bits per heavy atom. The second kappa shape index (κ2) is 6.22. The van der Waals surface area contributed by atoms with Gasteiger partial charge in [-0.25, -0.2) is 4.90 Å². The zero-order valence-corrected chi connectivity index (χ0v) is 13.9. The maximum Gasteiger partial charge on any atom is 0.256 e. The number of benzene rings is 2. The van der Waals surface area contributed by atoms with E-state index in [1.165, 1.54) is 4.90 Å². The molecule has 6 heteroatoms. The summed E-state index contributed by atoms with van der Waals surface area (Å²) in [4.78, 5) is 26.0. The largest absolute Gasteiger partial charge is 0.372 e. The molecule has 1 heterocycles. The molecular formula is C17H14Cl2N2O2. The predicted molar refractivity (Wildman–Crippen MR) is 92.2 cm³/mol. The normalized spacial score (nSPS) is 17.7. The molecule has 2 aromatic rings. The quantitative estimate of drug-likeness (QED) is 0.851. The number of carbonyl (C=O) groups is 2. The Bertz CT molecular complexity index is 792. The Labute approximate surface area is 144 Å². The Morgan fingerprint density at radius 3 is 2.61 bits per heavy atom. The lowest BCUT2D eigenvalue weighted by Crippen LogP contribution is -2.34. The summed E-state index contributed by atoms with van der Waals surface area (Å²) in [6.07, 6.45) is 0.0890. The molecule has 23 heavy (non-hydrogen) atoms. The molecule has 0 spiro atoms. The molecule has 0 radical (unpaired) electrons. The fraction of sp³-hybridized carbons (Fsp3) is 0.176. The second-order valence-electron chi connectivity index (χ2n) is 5.43. The molecule has 1 aliphatic rings. The van der Waals surface area contributed by atoms with Crippen LogP contribution in [0.25, 0.3) is 0 Å². The van der Waals surface area contributed by atoms with Gasteiger partial charge < -0.3 is 5.32 Å². The summed E-state index contributed by atoms with van der Waals surface area (Å²) < 4.78 is 0. The molecule has 2 amide bonds. The van der Waals surface area contributed by atoms with Crippen molar-refractivity contribution in [1.29, 1.82) is 0 Å². The van der Waals surface area contributed by atoms with Crippen molar-refractivity contribution in [1.82, 2.24) is 0 Å². The van der Waals surface area contributed by atoms with Gasteiger partial charge in [0.25, 0.3) is 5.91 Å². The third kappa shape index (κ3) is 3.19. The average Bonchev–Trinajstić information content (AvgIpc) is 2.76. The summed E-state index contributed by atoms with van der Waals surface area (Å²) in [6.45, 7) is 1.91. The van der Waals surface area contributed by atoms with Gasteiger partial charge in [0.15, 0.2) is 0 Å². The van der Waals surface area contributed by atoms with Gasteiger partial charge in [-0.15, -0.1) is 0 Å². The Hall–Kier alpha value is -2.04. The number of hydrogen-bond acceptors (Lipinski definition) is 3. The molecule has 0 bridgehead atoms. The van der Waals surface area contributed by atoms with Crippen molar-refractivity contribution < 1.29 is 9.59 Å². The second-order valence-corrected chi connectivity index (χ2v) is 6.28. The summed E-state index contributed by atoms with van der Waals surface area (Å²) in [5, 5.41) is 3.95. The van der Waals surface area contributed by atoms with Gasteiger partial charge in [0.2, 0.25) is 5.91 Å². The van der Waals surface area contributed by atoms with E-state index in [-0.39, 0.29) is 18.2 Å². The van der Waals surface area contributed by atoms with Crippen molar-refractivity contribution in [3.05, 3.63) is 58.1 Å². The van der Waals surface area contributed by atoms with E-state index < -0.39 is 6.04 Å². The van der Waals surface area contributed by atoms with Crippen LogP contribution in [-0.2, 0) is 9.59 Å². The van der Waals surface area contributed by atoms with Crippen LogP contribution in [0.1, 0.15) is 12.0 Å². The maximum atomic E-state index is 12.6. The first-order chi connectivity index (χ1) is 11.0. The highest BCUT2D eigenvalue weighted by Gasteiger charge is 2.39. The molecule has 2 aromatic carbocycles. The molecule has 0 aromatic heterocycles. The Balaban J connectivity index is 1.84. The molecule has 3 rings (SSSR count). The minimum atomic E-state index is -0.637. The van der Waals surface area contributed by atoms with Crippen molar-refractivity contribution in [2.24, 2.45) is 0 Å². The van der Waals surface area contributed by atoms with Crippen LogP contribution >= 0.6 is 23.2 Å². The number of aryl methyl sites for hydroxylation is 1. The van der Waals surface area contributed by atoms with Gasteiger partial charge in [0.05, 0.1) is 22.8 Å². The molecule has 1 saturated heterocycles. The van der Waals surface area contributed by atoms with Crippen LogP contribution in [0.3, 0.4) is 0 Å². The summed E-state index contributed by atoms with van der Waals surface area (Å²) in [6, 6.07) is 11.6. The third-order valence-corrected chi connectivity index (χ3v) is 4.22. The van der Waals surface area contributed by atoms with Crippen LogP contribution in [0.15, 0.2) is 42.5 Å². The van der Waals surface area contributed by atoms with Crippen LogP contribution in [0.2, 0.25) is 10.0 Å². The number of nitrogens with zero attached hydrogens (tertiary/aromatic N) is 1. The van der Waals surface area contributed by atoms with Gasteiger partial charge in [0.1, 0.15) is 6.04 Å². The third-order valence-electron chi connectivity index (χ3n) is 3.67. The Kier molecular flexibility index (Phi) is 4.28. The molecule has 4 nitrogen and oxygen atoms in total. The monoisotopic (exact) mass is 348 g/mol. The lowest BCUT2D eigenvalue weighted by Gasteiger charge is -2.17. The van der Waals surface area contributed by atoms with E-state index in [9.17, 15) is 9.59 Å². The zero-order chi connectivity index (χ0) is 16.6. The SMILES string of the molecule is Cc1cccc(N2C(=O)CC(Nc3ccc(Cl)cc3Cl)C2=O)c1. The fourth-order valence-corrected chi connectivity index (χ4v) is 3.04. The van der Waals surface area contributed by atoms with Gasteiger partial charge in [-0.05, 0) is 42.8 Å². The molecule has 0 saturated carbocycles. The number of carbonyl (C=O) groups excluding carboxylic acids is 2. The molecular weight excluding hydrogens is 335 g/mol. The Morgan fingerprint density at radius 1 is 1.13 bits per heavy atom.